The van der Waals surface area contributed by atoms with Crippen molar-refractivity contribution < 1.29 is 0 Å². The van der Waals surface area contributed by atoms with Gasteiger partial charge >= 0.3 is 0 Å². The van der Waals surface area contributed by atoms with Crippen molar-refractivity contribution in [1.82, 2.24) is 4.98 Å². The van der Waals surface area contributed by atoms with Crippen LogP contribution in [0.15, 0.2) is 41.0 Å². The first-order valence-electron chi connectivity index (χ1n) is 6.70. The first-order valence-corrected chi connectivity index (χ1v) is 7.50. The molecule has 0 bridgehead atoms. The van der Waals surface area contributed by atoms with Crippen molar-refractivity contribution in [3.63, 3.8) is 0 Å². The fourth-order valence-electron chi connectivity index (χ4n) is 2.03. The zero-order chi connectivity index (χ0) is 14.7. The van der Waals surface area contributed by atoms with Crippen LogP contribution in [0.25, 0.3) is 0 Å². The molecular formula is C16H20BrN3. The quantitative estimate of drug-likeness (QED) is 0.854. The smallest absolute Gasteiger partial charge is 0.129 e. The maximum atomic E-state index is 5.73. The van der Waals surface area contributed by atoms with Crippen LogP contribution in [-0.2, 0) is 6.54 Å². The molecule has 0 radical (unpaired) electrons. The van der Waals surface area contributed by atoms with E-state index in [9.17, 15) is 0 Å². The van der Waals surface area contributed by atoms with E-state index in [-0.39, 0.29) is 0 Å². The molecule has 3 nitrogen and oxygen atoms in total. The van der Waals surface area contributed by atoms with Gasteiger partial charge in [-0.15, -0.1) is 0 Å². The lowest BCUT2D eigenvalue weighted by Crippen LogP contribution is -2.31. The van der Waals surface area contributed by atoms with E-state index in [4.69, 9.17) is 5.73 Å². The van der Waals surface area contributed by atoms with E-state index in [1.807, 2.05) is 18.3 Å². The average Bonchev–Trinajstić information content (AvgIpc) is 2.41. The number of halogens is 1. The molecule has 0 amide bonds. The number of nitrogens with zero attached hydrogens (tertiary/aromatic N) is 2. The first-order chi connectivity index (χ1) is 9.47. The molecule has 20 heavy (non-hydrogen) atoms. The zero-order valence-corrected chi connectivity index (χ0v) is 13.7. The summed E-state index contributed by atoms with van der Waals surface area (Å²) in [5.41, 5.74) is 8.95. The van der Waals surface area contributed by atoms with Gasteiger partial charge in [-0.1, -0.05) is 12.1 Å². The van der Waals surface area contributed by atoms with Crippen molar-refractivity contribution >= 4 is 27.4 Å². The van der Waals surface area contributed by atoms with Gasteiger partial charge in [-0.25, -0.2) is 4.98 Å². The van der Waals surface area contributed by atoms with Crippen LogP contribution in [0.4, 0.5) is 11.5 Å². The Kier molecular flexibility index (Phi) is 4.65. The highest BCUT2D eigenvalue weighted by molar-refractivity contribution is 9.10. The maximum absolute atomic E-state index is 5.73. The number of nitrogens with two attached hydrogens (primary N) is 1. The largest absolute Gasteiger partial charge is 0.399 e. The first kappa shape index (κ1) is 14.9. The van der Waals surface area contributed by atoms with Gasteiger partial charge in [0.2, 0.25) is 0 Å². The number of aromatic nitrogens is 1. The number of hydrogen-bond donors (Lipinski definition) is 1. The predicted molar refractivity (Wildman–Crippen MR) is 88.8 cm³/mol. The molecule has 0 spiro atoms. The van der Waals surface area contributed by atoms with Crippen LogP contribution in [0, 0.1) is 6.92 Å². The summed E-state index contributed by atoms with van der Waals surface area (Å²) in [6, 6.07) is 10.5. The molecule has 106 valence electrons. The number of pyridine rings is 1. The summed E-state index contributed by atoms with van der Waals surface area (Å²) >= 11 is 3.50. The molecule has 0 saturated carbocycles. The molecule has 2 aromatic rings. The Labute approximate surface area is 129 Å². The molecule has 0 saturated heterocycles. The van der Waals surface area contributed by atoms with Crippen molar-refractivity contribution in [3.05, 3.63) is 52.1 Å². The SMILES string of the molecule is Cc1cc(N(Cc2ccc(N)cc2)C(C)C)ncc1Br. The lowest BCUT2D eigenvalue weighted by Gasteiger charge is -2.28. The minimum atomic E-state index is 0.376. The average molecular weight is 334 g/mol. The van der Waals surface area contributed by atoms with Gasteiger partial charge in [0.15, 0.2) is 0 Å². The van der Waals surface area contributed by atoms with Gasteiger partial charge in [-0.2, -0.15) is 0 Å². The van der Waals surface area contributed by atoms with E-state index in [1.54, 1.807) is 0 Å². The second-order valence-electron chi connectivity index (χ2n) is 5.25. The van der Waals surface area contributed by atoms with Crippen LogP contribution >= 0.6 is 15.9 Å². The molecule has 0 aliphatic rings. The molecule has 4 heteroatoms. The Balaban J connectivity index is 2.26. The topological polar surface area (TPSA) is 42.1 Å². The number of rotatable bonds is 4. The van der Waals surface area contributed by atoms with E-state index in [1.165, 1.54) is 11.1 Å². The Morgan fingerprint density at radius 3 is 2.45 bits per heavy atom. The van der Waals surface area contributed by atoms with Gasteiger partial charge in [-0.05, 0) is 66.0 Å². The number of anilines is 2. The molecule has 0 unspecified atom stereocenters. The van der Waals surface area contributed by atoms with Gasteiger partial charge in [0.25, 0.3) is 0 Å². The second-order valence-corrected chi connectivity index (χ2v) is 6.11. The van der Waals surface area contributed by atoms with Crippen LogP contribution in [0.2, 0.25) is 0 Å². The van der Waals surface area contributed by atoms with Crippen LogP contribution in [0.1, 0.15) is 25.0 Å². The monoisotopic (exact) mass is 333 g/mol. The second kappa shape index (κ2) is 6.27. The molecule has 2 N–H and O–H groups in total. The summed E-state index contributed by atoms with van der Waals surface area (Å²) in [5, 5.41) is 0. The van der Waals surface area contributed by atoms with Crippen molar-refractivity contribution in [2.24, 2.45) is 0 Å². The minimum absolute atomic E-state index is 0.376. The Bertz CT molecular complexity index is 579. The Morgan fingerprint density at radius 2 is 1.90 bits per heavy atom. The van der Waals surface area contributed by atoms with Crippen molar-refractivity contribution in [2.45, 2.75) is 33.4 Å². The third-order valence-electron chi connectivity index (χ3n) is 3.28. The zero-order valence-electron chi connectivity index (χ0n) is 12.1. The van der Waals surface area contributed by atoms with Crippen LogP contribution in [-0.4, -0.2) is 11.0 Å². The van der Waals surface area contributed by atoms with E-state index < -0.39 is 0 Å². The fraction of sp³-hybridized carbons (Fsp3) is 0.312. The number of aryl methyl sites for hydroxylation is 1. The van der Waals surface area contributed by atoms with E-state index in [2.05, 4.69) is 64.8 Å². The number of hydrogen-bond acceptors (Lipinski definition) is 3. The van der Waals surface area contributed by atoms with Crippen molar-refractivity contribution in [3.8, 4) is 0 Å². The normalized spacial score (nSPS) is 10.8. The van der Waals surface area contributed by atoms with E-state index in [0.717, 1.165) is 22.5 Å². The molecule has 1 aromatic heterocycles. The molecule has 0 aliphatic heterocycles. The van der Waals surface area contributed by atoms with Crippen LogP contribution < -0.4 is 10.6 Å². The minimum Gasteiger partial charge on any atom is -0.399 e. The number of benzene rings is 1. The Morgan fingerprint density at radius 1 is 1.25 bits per heavy atom. The third kappa shape index (κ3) is 3.51. The third-order valence-corrected chi connectivity index (χ3v) is 4.11. The molecule has 0 aliphatic carbocycles. The van der Waals surface area contributed by atoms with Crippen LogP contribution in [0.5, 0.6) is 0 Å². The molecule has 1 aromatic carbocycles. The lowest BCUT2D eigenvalue weighted by atomic mass is 10.1. The summed E-state index contributed by atoms with van der Waals surface area (Å²) < 4.78 is 1.04. The highest BCUT2D eigenvalue weighted by Gasteiger charge is 2.13. The summed E-state index contributed by atoms with van der Waals surface area (Å²) in [5.74, 6) is 0.998. The van der Waals surface area contributed by atoms with E-state index in [0.29, 0.717) is 6.04 Å². The van der Waals surface area contributed by atoms with Crippen molar-refractivity contribution in [2.75, 3.05) is 10.6 Å². The highest BCUT2D eigenvalue weighted by atomic mass is 79.9. The van der Waals surface area contributed by atoms with E-state index >= 15 is 0 Å². The summed E-state index contributed by atoms with van der Waals surface area (Å²) in [4.78, 5) is 6.81. The Hall–Kier alpha value is -1.55. The summed E-state index contributed by atoms with van der Waals surface area (Å²) in [7, 11) is 0. The highest BCUT2D eigenvalue weighted by Crippen LogP contribution is 2.23. The van der Waals surface area contributed by atoms with Gasteiger partial charge in [-0.3, -0.25) is 0 Å². The van der Waals surface area contributed by atoms with Crippen molar-refractivity contribution in [1.29, 1.82) is 0 Å². The fourth-order valence-corrected chi connectivity index (χ4v) is 2.25. The van der Waals surface area contributed by atoms with Gasteiger partial charge < -0.3 is 10.6 Å². The summed E-state index contributed by atoms with van der Waals surface area (Å²) in [6.45, 7) is 7.26. The predicted octanol–water partition coefficient (Wildman–Crippen LogP) is 4.15. The van der Waals surface area contributed by atoms with Crippen LogP contribution in [0.3, 0.4) is 0 Å². The lowest BCUT2D eigenvalue weighted by molar-refractivity contribution is 0.672. The maximum Gasteiger partial charge on any atom is 0.129 e. The summed E-state index contributed by atoms with van der Waals surface area (Å²) in [6.07, 6.45) is 1.86. The molecule has 2 rings (SSSR count). The van der Waals surface area contributed by atoms with Gasteiger partial charge in [0.1, 0.15) is 5.82 Å². The number of nitrogen functional groups attached to an aromatic ring is 1. The molecule has 1 heterocycles. The van der Waals surface area contributed by atoms with Gasteiger partial charge in [0, 0.05) is 28.9 Å². The molecule has 0 fully saturated rings. The molecule has 0 atom stereocenters. The van der Waals surface area contributed by atoms with Gasteiger partial charge in [0.05, 0.1) is 0 Å². The molecular weight excluding hydrogens is 314 g/mol. The standard InChI is InChI=1S/C16H20BrN3/c1-11(2)20(10-13-4-6-14(18)7-5-13)16-8-12(3)15(17)9-19-16/h4-9,11H,10,18H2,1-3H3.